The number of carboxylic acids is 1. The third-order valence-electron chi connectivity index (χ3n) is 8.70. The minimum atomic E-state index is -1.05. The highest BCUT2D eigenvalue weighted by atomic mass is 32.1. The van der Waals surface area contributed by atoms with Crippen molar-refractivity contribution in [1.29, 1.82) is 0 Å². The third kappa shape index (κ3) is 6.56. The maximum absolute atomic E-state index is 14.9. The normalized spacial score (nSPS) is 24.4. The Morgan fingerprint density at radius 3 is 2.70 bits per heavy atom. The van der Waals surface area contributed by atoms with E-state index in [0.29, 0.717) is 62.3 Å². The smallest absolute Gasteiger partial charge is 0.336 e. The first kappa shape index (κ1) is 31.8. The standard InChI is InChI=1S/C32H40FN5O5S/c1-5-43-29(39)26-21(16-36-13-14-38-22(17-36)18-37(31(38)42)19-32(3,4)30(40)41)8-6-11-25(28-34-12-15-44-28)35-27(26)23-9-7-10-24(33)20(23)2/h7,9-10,12,15,22,27H,5-6,8,11,13-14,16-19H2,1-4H3,(H,40,41)/b26-21-,35-25+/t22-,27-/m0/s1. The average Bonchev–Trinajstić information content (AvgIpc) is 3.60. The lowest BCUT2D eigenvalue weighted by atomic mass is 9.87. The lowest BCUT2D eigenvalue weighted by molar-refractivity contribution is -0.147. The van der Waals surface area contributed by atoms with Crippen molar-refractivity contribution >= 4 is 35.0 Å². The molecule has 3 aliphatic rings. The summed E-state index contributed by atoms with van der Waals surface area (Å²) in [6, 6.07) is 3.89. The second-order valence-corrected chi connectivity index (χ2v) is 13.2. The highest BCUT2D eigenvalue weighted by Crippen LogP contribution is 2.37. The van der Waals surface area contributed by atoms with Gasteiger partial charge in [-0.05, 0) is 69.7 Å². The van der Waals surface area contributed by atoms with Crippen molar-refractivity contribution in [2.45, 2.75) is 59.0 Å². The van der Waals surface area contributed by atoms with Gasteiger partial charge in [0.15, 0.2) is 0 Å². The molecule has 0 unspecified atom stereocenters. The fourth-order valence-corrected chi connectivity index (χ4v) is 6.98. The number of amides is 2. The topological polar surface area (TPSA) is 116 Å². The Morgan fingerprint density at radius 1 is 1.20 bits per heavy atom. The quantitative estimate of drug-likeness (QED) is 0.402. The van der Waals surface area contributed by atoms with Gasteiger partial charge in [0.05, 0.1) is 29.3 Å². The molecule has 0 bridgehead atoms. The summed E-state index contributed by atoms with van der Waals surface area (Å²) >= 11 is 1.49. The molecule has 2 saturated heterocycles. The van der Waals surface area contributed by atoms with Crippen LogP contribution in [-0.2, 0) is 14.3 Å². The molecule has 1 aromatic carbocycles. The number of hydrogen-bond donors (Lipinski definition) is 1. The SMILES string of the molecule is CCOC(=O)/C1=C(\CN2CCN3C(=O)N(CC(C)(C)C(=O)O)C[C@@H]3C2)CCC/C(c2nccs2)=N\[C@H]1c1cccc(F)c1C. The van der Waals surface area contributed by atoms with Crippen LogP contribution < -0.4 is 0 Å². The van der Waals surface area contributed by atoms with E-state index in [9.17, 15) is 23.9 Å². The zero-order valence-electron chi connectivity index (χ0n) is 25.7. The molecule has 236 valence electrons. The van der Waals surface area contributed by atoms with Crippen LogP contribution in [0.15, 0.2) is 45.9 Å². The number of hydrogen-bond acceptors (Lipinski definition) is 8. The molecule has 0 radical (unpaired) electrons. The first-order valence-electron chi connectivity index (χ1n) is 15.1. The van der Waals surface area contributed by atoms with Crippen LogP contribution in [0.2, 0.25) is 0 Å². The zero-order chi connectivity index (χ0) is 31.6. The highest BCUT2D eigenvalue weighted by Gasteiger charge is 2.44. The van der Waals surface area contributed by atoms with Gasteiger partial charge in [-0.1, -0.05) is 12.1 Å². The number of urea groups is 1. The van der Waals surface area contributed by atoms with Crippen LogP contribution >= 0.6 is 11.3 Å². The van der Waals surface area contributed by atoms with Crippen LogP contribution in [0.4, 0.5) is 9.18 Å². The Balaban J connectivity index is 1.49. The number of rotatable bonds is 9. The van der Waals surface area contributed by atoms with Gasteiger partial charge in [0.2, 0.25) is 0 Å². The minimum Gasteiger partial charge on any atom is -0.481 e. The molecule has 2 atom stereocenters. The first-order valence-corrected chi connectivity index (χ1v) is 16.0. The monoisotopic (exact) mass is 625 g/mol. The minimum absolute atomic E-state index is 0.0863. The summed E-state index contributed by atoms with van der Waals surface area (Å²) in [6.07, 6.45) is 3.78. The predicted molar refractivity (Wildman–Crippen MR) is 165 cm³/mol. The molecule has 5 rings (SSSR count). The van der Waals surface area contributed by atoms with E-state index in [1.165, 1.54) is 17.4 Å². The summed E-state index contributed by atoms with van der Waals surface area (Å²) < 4.78 is 20.5. The van der Waals surface area contributed by atoms with Gasteiger partial charge in [0.1, 0.15) is 16.9 Å². The number of aromatic nitrogens is 1. The van der Waals surface area contributed by atoms with Gasteiger partial charge in [-0.3, -0.25) is 14.7 Å². The number of piperazine rings is 1. The molecule has 0 aliphatic carbocycles. The number of aliphatic imine (C=N–C) groups is 1. The highest BCUT2D eigenvalue weighted by molar-refractivity contribution is 7.11. The van der Waals surface area contributed by atoms with Gasteiger partial charge < -0.3 is 19.6 Å². The molecule has 1 N–H and O–H groups in total. The van der Waals surface area contributed by atoms with Crippen molar-refractivity contribution in [2.75, 3.05) is 45.9 Å². The number of carboxylic acid groups (broad SMARTS) is 1. The van der Waals surface area contributed by atoms with E-state index in [2.05, 4.69) is 9.88 Å². The van der Waals surface area contributed by atoms with Crippen molar-refractivity contribution in [2.24, 2.45) is 10.4 Å². The molecule has 2 aromatic rings. The number of nitrogens with zero attached hydrogens (tertiary/aromatic N) is 5. The Morgan fingerprint density at radius 2 is 2.00 bits per heavy atom. The second-order valence-electron chi connectivity index (χ2n) is 12.3. The number of benzene rings is 1. The van der Waals surface area contributed by atoms with E-state index in [0.717, 1.165) is 22.7 Å². The second kappa shape index (κ2) is 13.2. The van der Waals surface area contributed by atoms with E-state index >= 15 is 0 Å². The van der Waals surface area contributed by atoms with Crippen LogP contribution in [0.5, 0.6) is 0 Å². The third-order valence-corrected chi connectivity index (χ3v) is 9.53. The molecule has 1 aromatic heterocycles. The number of thiazole rings is 1. The largest absolute Gasteiger partial charge is 0.481 e. The summed E-state index contributed by atoms with van der Waals surface area (Å²) in [5, 5.41) is 12.3. The van der Waals surface area contributed by atoms with E-state index in [4.69, 9.17) is 9.73 Å². The molecule has 44 heavy (non-hydrogen) atoms. The lowest BCUT2D eigenvalue weighted by Gasteiger charge is -2.37. The van der Waals surface area contributed by atoms with E-state index < -0.39 is 23.4 Å². The van der Waals surface area contributed by atoms with Crippen LogP contribution in [0.3, 0.4) is 0 Å². The predicted octanol–water partition coefficient (Wildman–Crippen LogP) is 4.70. The van der Waals surface area contributed by atoms with Crippen LogP contribution in [0.1, 0.15) is 62.2 Å². The summed E-state index contributed by atoms with van der Waals surface area (Å²) in [7, 11) is 0. The van der Waals surface area contributed by atoms with Gasteiger partial charge in [0.25, 0.3) is 0 Å². The number of ether oxygens (including phenoxy) is 1. The Kier molecular flexibility index (Phi) is 9.50. The van der Waals surface area contributed by atoms with Crippen molar-refractivity contribution in [3.8, 4) is 0 Å². The van der Waals surface area contributed by atoms with Crippen LogP contribution in [0.25, 0.3) is 0 Å². The van der Waals surface area contributed by atoms with Gasteiger partial charge in [-0.2, -0.15) is 0 Å². The van der Waals surface area contributed by atoms with E-state index in [1.807, 2.05) is 16.3 Å². The van der Waals surface area contributed by atoms with E-state index in [-0.39, 0.29) is 31.0 Å². The molecule has 12 heteroatoms. The van der Waals surface area contributed by atoms with Gasteiger partial charge >= 0.3 is 18.0 Å². The fourth-order valence-electron chi connectivity index (χ4n) is 6.32. The van der Waals surface area contributed by atoms with Gasteiger partial charge in [0, 0.05) is 50.8 Å². The molecule has 0 saturated carbocycles. The number of esters is 1. The number of halogens is 1. The maximum Gasteiger partial charge on any atom is 0.336 e. The number of aliphatic carboxylic acids is 1. The summed E-state index contributed by atoms with van der Waals surface area (Å²) in [5.74, 6) is -1.77. The van der Waals surface area contributed by atoms with Crippen LogP contribution in [0, 0.1) is 18.2 Å². The number of carbonyl (C=O) groups excluding carboxylic acids is 2. The Bertz CT molecular complexity index is 1470. The fraction of sp³-hybridized carbons (Fsp3) is 0.531. The molecule has 0 spiro atoms. The maximum atomic E-state index is 14.9. The van der Waals surface area contributed by atoms with E-state index in [1.54, 1.807) is 44.9 Å². The average molecular weight is 626 g/mol. The molecule has 2 amide bonds. The van der Waals surface area contributed by atoms with Gasteiger partial charge in [-0.15, -0.1) is 11.3 Å². The summed E-state index contributed by atoms with van der Waals surface area (Å²) in [5.41, 5.74) is 2.12. The molecular weight excluding hydrogens is 585 g/mol. The molecule has 4 heterocycles. The van der Waals surface area contributed by atoms with Gasteiger partial charge in [-0.25, -0.2) is 19.0 Å². The van der Waals surface area contributed by atoms with Crippen molar-refractivity contribution in [1.82, 2.24) is 19.7 Å². The Labute approximate surface area is 261 Å². The first-order chi connectivity index (χ1) is 21.0. The number of carbonyl (C=O) groups is 3. The molecule has 10 nitrogen and oxygen atoms in total. The molecule has 3 aliphatic heterocycles. The van der Waals surface area contributed by atoms with Crippen molar-refractivity contribution in [3.05, 3.63) is 62.9 Å². The lowest BCUT2D eigenvalue weighted by Crippen LogP contribution is -2.52. The Hall–Kier alpha value is -3.64. The number of fused-ring (bicyclic) bond motifs is 1. The van der Waals surface area contributed by atoms with Crippen LogP contribution in [-0.4, -0.2) is 100 Å². The van der Waals surface area contributed by atoms with Crippen molar-refractivity contribution in [3.63, 3.8) is 0 Å². The summed E-state index contributed by atoms with van der Waals surface area (Å²) in [4.78, 5) is 53.9. The summed E-state index contributed by atoms with van der Waals surface area (Å²) in [6.45, 7) is 9.70. The molecular formula is C32H40FN5O5S. The van der Waals surface area contributed by atoms with Crippen molar-refractivity contribution < 1.29 is 28.6 Å². The molecule has 2 fully saturated rings. The zero-order valence-corrected chi connectivity index (χ0v) is 26.5.